The number of nitrogens with one attached hydrogen (secondary N) is 1. The number of carbonyl (C=O) groups excluding carboxylic acids is 1. The molecule has 0 saturated carbocycles. The van der Waals surface area contributed by atoms with Crippen LogP contribution in [0, 0.1) is 6.92 Å². The molecule has 1 N–H and O–H groups in total. The highest BCUT2D eigenvalue weighted by atomic mass is 79.9. The van der Waals surface area contributed by atoms with E-state index in [1.807, 2.05) is 62.4 Å². The second-order valence-electron chi connectivity index (χ2n) is 7.49. The number of halogens is 2. The Kier molecular flexibility index (Phi) is 8.11. The Bertz CT molecular complexity index is 1180. The van der Waals surface area contributed by atoms with E-state index in [1.54, 1.807) is 0 Å². The quantitative estimate of drug-likeness (QED) is 0.415. The van der Waals surface area contributed by atoms with E-state index in [-0.39, 0.29) is 29.9 Å². The second kappa shape index (κ2) is 10.6. The normalized spacial score (nSPS) is 12.5. The first-order valence-corrected chi connectivity index (χ1v) is 12.6. The Hall–Kier alpha value is -2.19. The molecular weight excluding hydrogens is 512 g/mol. The van der Waals surface area contributed by atoms with Crippen molar-refractivity contribution < 1.29 is 13.2 Å². The minimum atomic E-state index is -3.93. The highest BCUT2D eigenvalue weighted by molar-refractivity contribution is 9.10. The summed E-state index contributed by atoms with van der Waals surface area (Å²) >= 11 is 9.32. The van der Waals surface area contributed by atoms with Crippen molar-refractivity contribution in [2.24, 2.45) is 0 Å². The number of aryl methyl sites for hydroxylation is 1. The lowest BCUT2D eigenvalue weighted by atomic mass is 10.1. The molecule has 0 saturated heterocycles. The molecule has 0 spiro atoms. The molecule has 3 aromatic carbocycles. The number of sulfonamides is 1. The van der Waals surface area contributed by atoms with Gasteiger partial charge in [-0.2, -0.15) is 4.31 Å². The van der Waals surface area contributed by atoms with E-state index >= 15 is 0 Å². The molecule has 1 amide bonds. The van der Waals surface area contributed by atoms with Crippen LogP contribution >= 0.6 is 27.5 Å². The summed E-state index contributed by atoms with van der Waals surface area (Å²) < 4.78 is 28.9. The van der Waals surface area contributed by atoms with Crippen LogP contribution < -0.4 is 5.32 Å². The van der Waals surface area contributed by atoms with Crippen molar-refractivity contribution >= 4 is 43.5 Å². The summed E-state index contributed by atoms with van der Waals surface area (Å²) in [6, 6.07) is 20.8. The monoisotopic (exact) mass is 534 g/mol. The number of nitrogens with zero attached hydrogens (tertiary/aromatic N) is 1. The van der Waals surface area contributed by atoms with Crippen LogP contribution in [0.2, 0.25) is 5.02 Å². The first-order chi connectivity index (χ1) is 15.2. The summed E-state index contributed by atoms with van der Waals surface area (Å²) in [5, 5.41) is 3.34. The van der Waals surface area contributed by atoms with E-state index in [0.29, 0.717) is 5.02 Å². The maximum absolute atomic E-state index is 13.4. The van der Waals surface area contributed by atoms with E-state index in [2.05, 4.69) is 21.2 Å². The third kappa shape index (κ3) is 6.19. The fourth-order valence-corrected chi connectivity index (χ4v) is 5.01. The maximum atomic E-state index is 13.4. The first-order valence-electron chi connectivity index (χ1n) is 10.0. The molecule has 0 aliphatic carbocycles. The number of carbonyl (C=O) groups is 1. The van der Waals surface area contributed by atoms with Crippen LogP contribution in [0.25, 0.3) is 0 Å². The maximum Gasteiger partial charge on any atom is 0.243 e. The summed E-state index contributed by atoms with van der Waals surface area (Å²) in [7, 11) is -3.93. The zero-order valence-electron chi connectivity index (χ0n) is 17.8. The van der Waals surface area contributed by atoms with Gasteiger partial charge in [-0.25, -0.2) is 8.42 Å². The SMILES string of the molecule is Cc1ccccc1CN(CC(=O)N[C@@H](C)c1ccc(Br)cc1)S(=O)(=O)c1ccc(Cl)cc1. The van der Waals surface area contributed by atoms with Crippen molar-refractivity contribution in [3.8, 4) is 0 Å². The summed E-state index contributed by atoms with van der Waals surface area (Å²) in [5.74, 6) is -0.383. The molecule has 32 heavy (non-hydrogen) atoms. The lowest BCUT2D eigenvalue weighted by Gasteiger charge is -2.24. The van der Waals surface area contributed by atoms with Crippen LogP contribution in [0.15, 0.2) is 82.2 Å². The van der Waals surface area contributed by atoms with Crippen molar-refractivity contribution in [1.29, 1.82) is 0 Å². The summed E-state index contributed by atoms with van der Waals surface area (Å²) in [6.45, 7) is 3.55. The number of benzene rings is 3. The molecule has 0 aliphatic heterocycles. The van der Waals surface area contributed by atoms with Gasteiger partial charge in [0.15, 0.2) is 0 Å². The second-order valence-corrected chi connectivity index (χ2v) is 10.8. The third-order valence-electron chi connectivity index (χ3n) is 5.13. The number of hydrogen-bond acceptors (Lipinski definition) is 3. The van der Waals surface area contributed by atoms with Gasteiger partial charge in [0.1, 0.15) is 0 Å². The summed E-state index contributed by atoms with van der Waals surface area (Å²) in [6.07, 6.45) is 0. The highest BCUT2D eigenvalue weighted by Gasteiger charge is 2.28. The summed E-state index contributed by atoms with van der Waals surface area (Å²) in [4.78, 5) is 13.0. The van der Waals surface area contributed by atoms with Gasteiger partial charge in [0, 0.05) is 16.0 Å². The highest BCUT2D eigenvalue weighted by Crippen LogP contribution is 2.22. The zero-order chi connectivity index (χ0) is 23.3. The van der Waals surface area contributed by atoms with Crippen molar-refractivity contribution in [1.82, 2.24) is 9.62 Å². The number of rotatable bonds is 8. The molecule has 3 rings (SSSR count). The Morgan fingerprint density at radius 2 is 1.66 bits per heavy atom. The van der Waals surface area contributed by atoms with Gasteiger partial charge in [-0.15, -0.1) is 0 Å². The van der Waals surface area contributed by atoms with E-state index in [4.69, 9.17) is 11.6 Å². The fraction of sp³-hybridized carbons (Fsp3) is 0.208. The smallest absolute Gasteiger partial charge is 0.243 e. The number of amides is 1. The molecule has 1 atom stereocenters. The van der Waals surface area contributed by atoms with Crippen LogP contribution in [0.4, 0.5) is 0 Å². The summed E-state index contributed by atoms with van der Waals surface area (Å²) in [5.41, 5.74) is 2.71. The molecule has 8 heteroatoms. The van der Waals surface area contributed by atoms with Crippen molar-refractivity contribution in [2.45, 2.75) is 31.3 Å². The average Bonchev–Trinajstić information content (AvgIpc) is 2.75. The molecule has 0 radical (unpaired) electrons. The van der Waals surface area contributed by atoms with E-state index in [9.17, 15) is 13.2 Å². The largest absolute Gasteiger partial charge is 0.348 e. The van der Waals surface area contributed by atoms with Crippen LogP contribution in [0.3, 0.4) is 0 Å². The van der Waals surface area contributed by atoms with Gasteiger partial charge >= 0.3 is 0 Å². The van der Waals surface area contributed by atoms with E-state index < -0.39 is 10.0 Å². The van der Waals surface area contributed by atoms with Crippen LogP contribution in [-0.4, -0.2) is 25.2 Å². The van der Waals surface area contributed by atoms with Crippen LogP contribution in [0.1, 0.15) is 29.7 Å². The molecule has 3 aromatic rings. The van der Waals surface area contributed by atoms with Crippen LogP contribution in [0.5, 0.6) is 0 Å². The van der Waals surface area contributed by atoms with Crippen molar-refractivity contribution in [3.05, 3.63) is 99.0 Å². The van der Waals surface area contributed by atoms with Gasteiger partial charge in [-0.1, -0.05) is 63.9 Å². The Morgan fingerprint density at radius 3 is 2.28 bits per heavy atom. The van der Waals surface area contributed by atoms with Gasteiger partial charge in [0.05, 0.1) is 17.5 Å². The average molecular weight is 536 g/mol. The molecule has 0 bridgehead atoms. The fourth-order valence-electron chi connectivity index (χ4n) is 3.24. The zero-order valence-corrected chi connectivity index (χ0v) is 20.9. The Morgan fingerprint density at radius 1 is 1.03 bits per heavy atom. The molecule has 0 fully saturated rings. The minimum Gasteiger partial charge on any atom is -0.348 e. The predicted octanol–water partition coefficient (Wildman–Crippen LogP) is 5.48. The Labute approximate surface area is 202 Å². The van der Waals surface area contributed by atoms with Crippen molar-refractivity contribution in [3.63, 3.8) is 0 Å². The number of hydrogen-bond donors (Lipinski definition) is 1. The lowest BCUT2D eigenvalue weighted by Crippen LogP contribution is -2.41. The first kappa shape index (κ1) is 24.5. The van der Waals surface area contributed by atoms with E-state index in [0.717, 1.165) is 21.2 Å². The minimum absolute atomic E-state index is 0.0811. The topological polar surface area (TPSA) is 66.5 Å². The molecule has 168 valence electrons. The van der Waals surface area contributed by atoms with Crippen molar-refractivity contribution in [2.75, 3.05) is 6.54 Å². The van der Waals surface area contributed by atoms with Gasteiger partial charge < -0.3 is 5.32 Å². The van der Waals surface area contributed by atoms with Gasteiger partial charge in [-0.05, 0) is 66.9 Å². The van der Waals surface area contributed by atoms with Gasteiger partial charge in [0.2, 0.25) is 15.9 Å². The molecule has 0 aromatic heterocycles. The predicted molar refractivity (Wildman–Crippen MR) is 131 cm³/mol. The standard InChI is InChI=1S/C24H24BrClN2O3S/c1-17-5-3-4-6-20(17)15-28(32(30,31)23-13-11-22(26)12-14-23)16-24(29)27-18(2)19-7-9-21(25)10-8-19/h3-14,18H,15-16H2,1-2H3,(H,27,29)/t18-/m0/s1. The molecule has 0 heterocycles. The van der Waals surface area contributed by atoms with Crippen LogP contribution in [-0.2, 0) is 21.4 Å². The van der Waals surface area contributed by atoms with Gasteiger partial charge in [-0.3, -0.25) is 4.79 Å². The van der Waals surface area contributed by atoms with Gasteiger partial charge in [0.25, 0.3) is 0 Å². The molecular formula is C24H24BrClN2O3S. The third-order valence-corrected chi connectivity index (χ3v) is 7.71. The van der Waals surface area contributed by atoms with E-state index in [1.165, 1.54) is 28.6 Å². The lowest BCUT2D eigenvalue weighted by molar-refractivity contribution is -0.122. The molecule has 0 aliphatic rings. The Balaban J connectivity index is 1.84. The molecule has 0 unspecified atom stereocenters. The molecule has 5 nitrogen and oxygen atoms in total.